The summed E-state index contributed by atoms with van der Waals surface area (Å²) >= 11 is 12.4. The molecule has 3 aromatic rings. The van der Waals surface area contributed by atoms with Crippen LogP contribution in [0.4, 0.5) is 0 Å². The van der Waals surface area contributed by atoms with Gasteiger partial charge in [0.15, 0.2) is 11.5 Å². The first-order valence-electron chi connectivity index (χ1n) is 9.99. The normalized spacial score (nSPS) is 14.2. The molecule has 4 rings (SSSR count). The highest BCUT2D eigenvalue weighted by atomic mass is 35.5. The number of carbonyl (C=O) groups excluding carboxylic acids is 1. The van der Waals surface area contributed by atoms with Gasteiger partial charge in [-0.25, -0.2) is 4.68 Å². The minimum Gasteiger partial charge on any atom is -0.493 e. The van der Waals surface area contributed by atoms with Crippen molar-refractivity contribution < 1.29 is 14.3 Å². The molecule has 1 amide bonds. The monoisotopic (exact) mass is 459 g/mol. The molecular weight excluding hydrogens is 437 g/mol. The van der Waals surface area contributed by atoms with Gasteiger partial charge in [-0.15, -0.1) is 0 Å². The Hall–Kier alpha value is -2.70. The van der Waals surface area contributed by atoms with E-state index in [2.05, 4.69) is 10.4 Å². The Labute approximate surface area is 191 Å². The van der Waals surface area contributed by atoms with Crippen LogP contribution in [0.1, 0.15) is 53.3 Å². The minimum absolute atomic E-state index is 0.180. The fraction of sp³-hybridized carbons (Fsp3) is 0.304. The number of ether oxygens (including phenoxy) is 2. The van der Waals surface area contributed by atoms with Gasteiger partial charge in [0.05, 0.1) is 48.4 Å². The number of hydrogen-bond donors (Lipinski definition) is 1. The van der Waals surface area contributed by atoms with Crippen LogP contribution in [0.15, 0.2) is 42.6 Å². The van der Waals surface area contributed by atoms with Crippen LogP contribution in [0.3, 0.4) is 0 Å². The second-order valence-electron chi connectivity index (χ2n) is 7.53. The van der Waals surface area contributed by atoms with Gasteiger partial charge in [-0.1, -0.05) is 29.3 Å². The third kappa shape index (κ3) is 4.36. The highest BCUT2D eigenvalue weighted by molar-refractivity contribution is 6.35. The van der Waals surface area contributed by atoms with Crippen molar-refractivity contribution in [1.82, 2.24) is 15.1 Å². The molecule has 1 N–H and O–H groups in total. The Morgan fingerprint density at radius 1 is 1.13 bits per heavy atom. The van der Waals surface area contributed by atoms with Gasteiger partial charge >= 0.3 is 0 Å². The van der Waals surface area contributed by atoms with Gasteiger partial charge in [0.25, 0.3) is 5.91 Å². The summed E-state index contributed by atoms with van der Waals surface area (Å²) in [6.45, 7) is 1.93. The molecule has 0 radical (unpaired) electrons. The summed E-state index contributed by atoms with van der Waals surface area (Å²) in [6.07, 6.45) is 3.64. The maximum atomic E-state index is 13.2. The zero-order chi connectivity index (χ0) is 22.1. The standard InChI is InChI=1S/C23H23Cl2N3O3/c1-13(15-6-9-20(30-2)21(10-15)31-3)27-23(29)17-12-26-28(22(17)14-4-5-14)19-8-7-16(24)11-18(19)25/h6-14H,4-5H2,1-3H3,(H,27,29). The van der Waals surface area contributed by atoms with E-state index in [-0.39, 0.29) is 17.9 Å². The molecule has 0 bridgehead atoms. The Morgan fingerprint density at radius 2 is 1.87 bits per heavy atom. The Morgan fingerprint density at radius 3 is 2.52 bits per heavy atom. The van der Waals surface area contributed by atoms with Crippen LogP contribution in [0.25, 0.3) is 5.69 Å². The van der Waals surface area contributed by atoms with Crippen molar-refractivity contribution in [3.8, 4) is 17.2 Å². The number of aromatic nitrogens is 2. The second kappa shape index (κ2) is 8.81. The summed E-state index contributed by atoms with van der Waals surface area (Å²) in [5.74, 6) is 1.36. The number of carbonyl (C=O) groups is 1. The number of halogens is 2. The number of benzene rings is 2. The lowest BCUT2D eigenvalue weighted by Gasteiger charge is -2.17. The molecule has 0 aliphatic heterocycles. The van der Waals surface area contributed by atoms with Crippen molar-refractivity contribution in [1.29, 1.82) is 0 Å². The highest BCUT2D eigenvalue weighted by Crippen LogP contribution is 2.43. The predicted molar refractivity (Wildman–Crippen MR) is 121 cm³/mol. The summed E-state index contributed by atoms with van der Waals surface area (Å²) in [6, 6.07) is 10.6. The topological polar surface area (TPSA) is 65.4 Å². The summed E-state index contributed by atoms with van der Waals surface area (Å²) in [5.41, 5.74) is 3.05. The lowest BCUT2D eigenvalue weighted by Crippen LogP contribution is -2.27. The lowest BCUT2D eigenvalue weighted by atomic mass is 10.1. The van der Waals surface area contributed by atoms with Crippen LogP contribution in [0.5, 0.6) is 11.5 Å². The smallest absolute Gasteiger partial charge is 0.255 e. The number of rotatable bonds is 7. The first-order chi connectivity index (χ1) is 14.9. The molecule has 31 heavy (non-hydrogen) atoms. The molecule has 1 fully saturated rings. The molecule has 162 valence electrons. The molecule has 6 nitrogen and oxygen atoms in total. The number of nitrogens with zero attached hydrogens (tertiary/aromatic N) is 2. The molecule has 1 aliphatic carbocycles. The van der Waals surface area contributed by atoms with Crippen LogP contribution in [0.2, 0.25) is 10.0 Å². The maximum Gasteiger partial charge on any atom is 0.255 e. The van der Waals surface area contributed by atoms with Crippen molar-refractivity contribution in [2.45, 2.75) is 31.7 Å². The van der Waals surface area contributed by atoms with E-state index in [0.717, 1.165) is 24.1 Å². The molecule has 0 saturated heterocycles. The van der Waals surface area contributed by atoms with Crippen LogP contribution in [-0.4, -0.2) is 29.9 Å². The SMILES string of the molecule is COc1ccc(C(C)NC(=O)c2cnn(-c3ccc(Cl)cc3Cl)c2C2CC2)cc1OC. The Balaban J connectivity index is 1.61. The van der Waals surface area contributed by atoms with Crippen LogP contribution in [0, 0.1) is 0 Å². The van der Waals surface area contributed by atoms with Gasteiger partial charge in [0, 0.05) is 10.9 Å². The van der Waals surface area contributed by atoms with E-state index in [1.165, 1.54) is 0 Å². The van der Waals surface area contributed by atoms with E-state index in [4.69, 9.17) is 32.7 Å². The van der Waals surface area contributed by atoms with E-state index in [0.29, 0.717) is 32.8 Å². The van der Waals surface area contributed by atoms with E-state index in [1.807, 2.05) is 31.2 Å². The zero-order valence-corrected chi connectivity index (χ0v) is 19.0. The predicted octanol–water partition coefficient (Wildman–Crippen LogP) is 5.56. The molecule has 1 aliphatic rings. The van der Waals surface area contributed by atoms with E-state index in [9.17, 15) is 4.79 Å². The first-order valence-corrected chi connectivity index (χ1v) is 10.7. The third-order valence-electron chi connectivity index (χ3n) is 5.41. The fourth-order valence-electron chi connectivity index (χ4n) is 3.61. The van der Waals surface area contributed by atoms with E-state index in [1.54, 1.807) is 37.2 Å². The average molecular weight is 460 g/mol. The molecular formula is C23H23Cl2N3O3. The average Bonchev–Trinajstić information content (AvgIpc) is 3.51. The molecule has 1 aromatic heterocycles. The molecule has 8 heteroatoms. The summed E-state index contributed by atoms with van der Waals surface area (Å²) in [4.78, 5) is 13.2. The van der Waals surface area contributed by atoms with Crippen molar-refractivity contribution in [3.63, 3.8) is 0 Å². The van der Waals surface area contributed by atoms with E-state index >= 15 is 0 Å². The fourth-order valence-corrected chi connectivity index (χ4v) is 4.10. The van der Waals surface area contributed by atoms with Crippen LogP contribution >= 0.6 is 23.2 Å². The zero-order valence-electron chi connectivity index (χ0n) is 17.5. The molecule has 0 spiro atoms. The van der Waals surface area contributed by atoms with Crippen LogP contribution in [-0.2, 0) is 0 Å². The van der Waals surface area contributed by atoms with Crippen molar-refractivity contribution >= 4 is 29.1 Å². The van der Waals surface area contributed by atoms with Crippen molar-refractivity contribution in [2.75, 3.05) is 14.2 Å². The van der Waals surface area contributed by atoms with Gasteiger partial charge in [-0.05, 0) is 55.7 Å². The number of methoxy groups -OCH3 is 2. The molecule has 1 atom stereocenters. The van der Waals surface area contributed by atoms with Crippen molar-refractivity contribution in [3.05, 3.63) is 69.5 Å². The summed E-state index contributed by atoms with van der Waals surface area (Å²) in [7, 11) is 3.18. The highest BCUT2D eigenvalue weighted by Gasteiger charge is 2.33. The van der Waals surface area contributed by atoms with Crippen LogP contribution < -0.4 is 14.8 Å². The maximum absolute atomic E-state index is 13.2. The van der Waals surface area contributed by atoms with Crippen molar-refractivity contribution in [2.24, 2.45) is 0 Å². The third-order valence-corrected chi connectivity index (χ3v) is 5.95. The molecule has 2 aromatic carbocycles. The first kappa shape index (κ1) is 21.5. The van der Waals surface area contributed by atoms with Gasteiger partial charge in [-0.2, -0.15) is 5.10 Å². The summed E-state index contributed by atoms with van der Waals surface area (Å²) in [5, 5.41) is 8.59. The largest absolute Gasteiger partial charge is 0.493 e. The number of hydrogen-bond acceptors (Lipinski definition) is 4. The quantitative estimate of drug-likeness (QED) is 0.501. The number of nitrogens with one attached hydrogen (secondary N) is 1. The van der Waals surface area contributed by atoms with Gasteiger partial charge < -0.3 is 14.8 Å². The van der Waals surface area contributed by atoms with Gasteiger partial charge in [-0.3, -0.25) is 4.79 Å². The molecule has 1 unspecified atom stereocenters. The number of amides is 1. The van der Waals surface area contributed by atoms with Gasteiger partial charge in [0.1, 0.15) is 0 Å². The second-order valence-corrected chi connectivity index (χ2v) is 8.38. The minimum atomic E-state index is -0.234. The Kier molecular flexibility index (Phi) is 6.12. The molecule has 1 saturated carbocycles. The molecule has 1 heterocycles. The van der Waals surface area contributed by atoms with Gasteiger partial charge in [0.2, 0.25) is 0 Å². The Bertz CT molecular complexity index is 1130. The van der Waals surface area contributed by atoms with E-state index < -0.39 is 0 Å². The summed E-state index contributed by atoms with van der Waals surface area (Å²) < 4.78 is 12.4. The lowest BCUT2D eigenvalue weighted by molar-refractivity contribution is 0.0938.